The van der Waals surface area contributed by atoms with E-state index in [1.54, 1.807) is 18.5 Å². The van der Waals surface area contributed by atoms with Crippen LogP contribution in [0.3, 0.4) is 0 Å². The number of halogens is 3. The summed E-state index contributed by atoms with van der Waals surface area (Å²) in [4.78, 5) is 16.6. The molecular formula is C23H18F3N5OS. The Morgan fingerprint density at radius 3 is 2.45 bits per heavy atom. The van der Waals surface area contributed by atoms with Crippen molar-refractivity contribution in [2.24, 2.45) is 0 Å². The fourth-order valence-corrected chi connectivity index (χ4v) is 3.89. The second-order valence-electron chi connectivity index (χ2n) is 7.08. The summed E-state index contributed by atoms with van der Waals surface area (Å²) in [6.07, 6.45) is -1.08. The largest absolute Gasteiger partial charge is 0.416 e. The third-order valence-corrected chi connectivity index (χ3v) is 5.67. The van der Waals surface area contributed by atoms with Gasteiger partial charge in [0.15, 0.2) is 11.0 Å². The van der Waals surface area contributed by atoms with Crippen LogP contribution in [-0.2, 0) is 11.0 Å². The highest BCUT2D eigenvalue weighted by atomic mass is 32.2. The Labute approximate surface area is 191 Å². The molecule has 0 aliphatic carbocycles. The van der Waals surface area contributed by atoms with Crippen molar-refractivity contribution in [2.75, 3.05) is 11.1 Å². The number of para-hydroxylation sites is 1. The van der Waals surface area contributed by atoms with E-state index in [0.717, 1.165) is 28.9 Å². The van der Waals surface area contributed by atoms with Crippen LogP contribution in [0.25, 0.3) is 17.1 Å². The van der Waals surface area contributed by atoms with Gasteiger partial charge in [-0.3, -0.25) is 14.3 Å². The molecule has 0 aliphatic rings. The minimum atomic E-state index is -4.43. The molecule has 168 valence electrons. The van der Waals surface area contributed by atoms with Crippen molar-refractivity contribution in [3.05, 3.63) is 84.2 Å². The van der Waals surface area contributed by atoms with Gasteiger partial charge in [-0.05, 0) is 55.0 Å². The van der Waals surface area contributed by atoms with Crippen molar-refractivity contribution in [3.8, 4) is 17.1 Å². The lowest BCUT2D eigenvalue weighted by molar-refractivity contribution is -0.137. The average molecular weight is 469 g/mol. The lowest BCUT2D eigenvalue weighted by Crippen LogP contribution is -2.15. The van der Waals surface area contributed by atoms with Crippen molar-refractivity contribution in [1.29, 1.82) is 0 Å². The number of alkyl halides is 3. The van der Waals surface area contributed by atoms with E-state index in [0.29, 0.717) is 11.0 Å². The predicted molar refractivity (Wildman–Crippen MR) is 120 cm³/mol. The highest BCUT2D eigenvalue weighted by Gasteiger charge is 2.30. The molecule has 0 saturated carbocycles. The maximum Gasteiger partial charge on any atom is 0.416 e. The number of anilines is 1. The van der Waals surface area contributed by atoms with E-state index in [9.17, 15) is 18.0 Å². The molecule has 0 bridgehead atoms. The van der Waals surface area contributed by atoms with E-state index in [-0.39, 0.29) is 17.3 Å². The van der Waals surface area contributed by atoms with E-state index in [2.05, 4.69) is 20.5 Å². The predicted octanol–water partition coefficient (Wildman–Crippen LogP) is 5.39. The Balaban J connectivity index is 1.54. The van der Waals surface area contributed by atoms with Crippen LogP contribution in [0.15, 0.2) is 78.2 Å². The highest BCUT2D eigenvalue weighted by Crippen LogP contribution is 2.31. The number of nitrogens with one attached hydrogen (secondary N) is 1. The minimum Gasteiger partial charge on any atom is -0.325 e. The van der Waals surface area contributed by atoms with Gasteiger partial charge < -0.3 is 5.32 Å². The fraction of sp³-hybridized carbons (Fsp3) is 0.130. The van der Waals surface area contributed by atoms with Crippen molar-refractivity contribution < 1.29 is 18.0 Å². The zero-order valence-electron chi connectivity index (χ0n) is 17.4. The second-order valence-corrected chi connectivity index (χ2v) is 8.02. The molecule has 2 heterocycles. The molecule has 33 heavy (non-hydrogen) atoms. The molecule has 2 aromatic heterocycles. The van der Waals surface area contributed by atoms with Gasteiger partial charge in [-0.1, -0.05) is 30.0 Å². The third-order valence-electron chi connectivity index (χ3n) is 4.74. The third kappa shape index (κ3) is 5.23. The Morgan fingerprint density at radius 2 is 1.79 bits per heavy atom. The Bertz CT molecular complexity index is 1260. The van der Waals surface area contributed by atoms with Crippen LogP contribution >= 0.6 is 11.8 Å². The summed E-state index contributed by atoms with van der Waals surface area (Å²) >= 11 is 1.18. The van der Waals surface area contributed by atoms with Crippen LogP contribution in [0.2, 0.25) is 0 Å². The molecule has 0 saturated heterocycles. The van der Waals surface area contributed by atoms with Gasteiger partial charge in [0.05, 0.1) is 17.0 Å². The summed E-state index contributed by atoms with van der Waals surface area (Å²) in [6, 6.07) is 15.7. The molecule has 0 atom stereocenters. The Morgan fingerprint density at radius 1 is 1.03 bits per heavy atom. The first-order chi connectivity index (χ1) is 15.8. The lowest BCUT2D eigenvalue weighted by Gasteiger charge is -2.13. The van der Waals surface area contributed by atoms with Gasteiger partial charge in [-0.25, -0.2) is 0 Å². The first-order valence-corrected chi connectivity index (χ1v) is 10.8. The zero-order valence-corrected chi connectivity index (χ0v) is 18.2. The smallest absolute Gasteiger partial charge is 0.325 e. The monoisotopic (exact) mass is 469 g/mol. The first kappa shape index (κ1) is 22.5. The van der Waals surface area contributed by atoms with Gasteiger partial charge in [-0.15, -0.1) is 10.2 Å². The van der Waals surface area contributed by atoms with Crippen LogP contribution in [0.4, 0.5) is 18.9 Å². The van der Waals surface area contributed by atoms with Crippen LogP contribution < -0.4 is 5.32 Å². The molecule has 0 unspecified atom stereocenters. The number of thioether (sulfide) groups is 1. The van der Waals surface area contributed by atoms with E-state index < -0.39 is 11.7 Å². The van der Waals surface area contributed by atoms with Gasteiger partial charge in [0.1, 0.15) is 0 Å². The zero-order chi connectivity index (χ0) is 23.4. The van der Waals surface area contributed by atoms with Crippen LogP contribution in [0.5, 0.6) is 0 Å². The summed E-state index contributed by atoms with van der Waals surface area (Å²) in [6.45, 7) is 1.97. The lowest BCUT2D eigenvalue weighted by atomic mass is 10.2. The molecule has 0 spiro atoms. The van der Waals surface area contributed by atoms with Crippen molar-refractivity contribution in [2.45, 2.75) is 18.3 Å². The van der Waals surface area contributed by atoms with Crippen molar-refractivity contribution >= 4 is 23.4 Å². The second kappa shape index (κ2) is 9.45. The maximum atomic E-state index is 12.7. The van der Waals surface area contributed by atoms with Gasteiger partial charge >= 0.3 is 6.18 Å². The van der Waals surface area contributed by atoms with Crippen molar-refractivity contribution in [1.82, 2.24) is 19.7 Å². The van der Waals surface area contributed by atoms with Gasteiger partial charge in [0.2, 0.25) is 5.91 Å². The first-order valence-electron chi connectivity index (χ1n) is 9.84. The van der Waals surface area contributed by atoms with Gasteiger partial charge in [0, 0.05) is 23.6 Å². The van der Waals surface area contributed by atoms with E-state index in [4.69, 9.17) is 0 Å². The summed E-state index contributed by atoms with van der Waals surface area (Å²) in [7, 11) is 0. The summed E-state index contributed by atoms with van der Waals surface area (Å²) in [5.41, 5.74) is 2.15. The number of amides is 1. The molecule has 0 fully saturated rings. The number of aryl methyl sites for hydroxylation is 1. The summed E-state index contributed by atoms with van der Waals surface area (Å²) in [5.74, 6) is 0.211. The van der Waals surface area contributed by atoms with Crippen LogP contribution in [0.1, 0.15) is 11.1 Å². The number of hydrogen-bond acceptors (Lipinski definition) is 5. The van der Waals surface area contributed by atoms with E-state index in [1.807, 2.05) is 41.8 Å². The standard InChI is InChI=1S/C23H18F3N5OS/c1-15-5-2-3-7-19(15)31-21(16-6-4-12-27-13-16)29-30-22(31)33-14-20(32)28-18-10-8-17(9-11-18)23(24,25)26/h2-13H,14H2,1H3,(H,28,32). The van der Waals surface area contributed by atoms with Gasteiger partial charge in [-0.2, -0.15) is 13.2 Å². The molecule has 1 amide bonds. The highest BCUT2D eigenvalue weighted by molar-refractivity contribution is 7.99. The average Bonchev–Trinajstić information content (AvgIpc) is 3.22. The number of carbonyl (C=O) groups is 1. The summed E-state index contributed by atoms with van der Waals surface area (Å²) in [5, 5.41) is 11.7. The van der Waals surface area contributed by atoms with Crippen LogP contribution in [0, 0.1) is 6.92 Å². The maximum absolute atomic E-state index is 12.7. The Kier molecular flexibility index (Phi) is 6.45. The molecule has 4 aromatic rings. The molecule has 1 N–H and O–H groups in total. The molecule has 0 radical (unpaired) electrons. The fourth-order valence-electron chi connectivity index (χ4n) is 3.15. The quantitative estimate of drug-likeness (QED) is 0.384. The number of pyridine rings is 1. The van der Waals surface area contributed by atoms with Crippen molar-refractivity contribution in [3.63, 3.8) is 0 Å². The molecule has 2 aromatic carbocycles. The normalized spacial score (nSPS) is 11.4. The molecule has 6 nitrogen and oxygen atoms in total. The minimum absolute atomic E-state index is 0.00191. The number of aromatic nitrogens is 4. The number of nitrogens with zero attached hydrogens (tertiary/aromatic N) is 4. The molecule has 0 aliphatic heterocycles. The Hall–Kier alpha value is -3.66. The van der Waals surface area contributed by atoms with Crippen LogP contribution in [-0.4, -0.2) is 31.4 Å². The number of hydrogen-bond donors (Lipinski definition) is 1. The van der Waals surface area contributed by atoms with E-state index in [1.165, 1.54) is 23.9 Å². The number of benzene rings is 2. The SMILES string of the molecule is Cc1ccccc1-n1c(SCC(=O)Nc2ccc(C(F)(F)F)cc2)nnc1-c1cccnc1. The number of carbonyl (C=O) groups excluding carboxylic acids is 1. The van der Waals surface area contributed by atoms with Gasteiger partial charge in [0.25, 0.3) is 0 Å². The topological polar surface area (TPSA) is 72.7 Å². The molecule has 4 rings (SSSR count). The number of rotatable bonds is 6. The van der Waals surface area contributed by atoms with E-state index >= 15 is 0 Å². The molecular weight excluding hydrogens is 451 g/mol. The molecule has 10 heteroatoms. The summed E-state index contributed by atoms with van der Waals surface area (Å²) < 4.78 is 40.0.